The predicted molar refractivity (Wildman–Crippen MR) is 78.1 cm³/mol. The fourth-order valence-electron chi connectivity index (χ4n) is 2.56. The van der Waals surface area contributed by atoms with Gasteiger partial charge in [-0.25, -0.2) is 0 Å². The standard InChI is InChI=1S/C15H30N2O2/c1-12-10-13(12)11-17(4)9-7-6-8-15(2,16-3)14(18)19-5/h12-13,16H,6-11H2,1-5H3. The van der Waals surface area contributed by atoms with E-state index in [0.717, 1.165) is 37.6 Å². The lowest BCUT2D eigenvalue weighted by atomic mass is 9.95. The lowest BCUT2D eigenvalue weighted by Gasteiger charge is -2.26. The normalized spacial score (nSPS) is 25.2. The monoisotopic (exact) mass is 270 g/mol. The zero-order chi connectivity index (χ0) is 14.5. The minimum atomic E-state index is -0.543. The first kappa shape index (κ1) is 16.4. The van der Waals surface area contributed by atoms with E-state index in [0.29, 0.717) is 0 Å². The van der Waals surface area contributed by atoms with Gasteiger partial charge in [0, 0.05) is 6.54 Å². The van der Waals surface area contributed by atoms with E-state index < -0.39 is 5.54 Å². The van der Waals surface area contributed by atoms with Crippen molar-refractivity contribution < 1.29 is 9.53 Å². The molecule has 1 saturated carbocycles. The maximum Gasteiger partial charge on any atom is 0.325 e. The number of likely N-dealkylation sites (N-methyl/N-ethyl adjacent to an activating group) is 1. The summed E-state index contributed by atoms with van der Waals surface area (Å²) >= 11 is 0. The number of hydrogen-bond acceptors (Lipinski definition) is 4. The van der Waals surface area contributed by atoms with Crippen molar-refractivity contribution in [2.24, 2.45) is 11.8 Å². The number of rotatable bonds is 9. The topological polar surface area (TPSA) is 41.6 Å². The van der Waals surface area contributed by atoms with Gasteiger partial charge in [-0.3, -0.25) is 4.79 Å². The molecule has 3 atom stereocenters. The molecule has 4 nitrogen and oxygen atoms in total. The van der Waals surface area contributed by atoms with Crippen molar-refractivity contribution in [1.29, 1.82) is 0 Å². The Kier molecular flexibility index (Phi) is 6.27. The molecule has 0 saturated heterocycles. The first-order chi connectivity index (χ1) is 8.92. The van der Waals surface area contributed by atoms with Crippen LogP contribution in [0.3, 0.4) is 0 Å². The van der Waals surface area contributed by atoms with E-state index in [9.17, 15) is 4.79 Å². The van der Waals surface area contributed by atoms with Crippen LogP contribution in [0.15, 0.2) is 0 Å². The quantitative estimate of drug-likeness (QED) is 0.513. The summed E-state index contributed by atoms with van der Waals surface area (Å²) in [6.45, 7) is 6.58. The summed E-state index contributed by atoms with van der Waals surface area (Å²) in [7, 11) is 5.46. The first-order valence-corrected chi connectivity index (χ1v) is 7.39. The molecule has 0 heterocycles. The third-order valence-electron chi connectivity index (χ3n) is 4.48. The molecule has 3 unspecified atom stereocenters. The molecule has 4 heteroatoms. The summed E-state index contributed by atoms with van der Waals surface area (Å²) in [5, 5.41) is 3.08. The summed E-state index contributed by atoms with van der Waals surface area (Å²) in [6.07, 6.45) is 4.39. The molecule has 1 N–H and O–H groups in total. The van der Waals surface area contributed by atoms with Crippen molar-refractivity contribution in [3.8, 4) is 0 Å². The van der Waals surface area contributed by atoms with Crippen LogP contribution in [0.2, 0.25) is 0 Å². The number of methoxy groups -OCH3 is 1. The van der Waals surface area contributed by atoms with E-state index in [1.165, 1.54) is 20.1 Å². The van der Waals surface area contributed by atoms with Gasteiger partial charge in [0.25, 0.3) is 0 Å². The van der Waals surface area contributed by atoms with Crippen LogP contribution in [-0.4, -0.2) is 50.7 Å². The second-order valence-corrected chi connectivity index (χ2v) is 6.27. The lowest BCUT2D eigenvalue weighted by Crippen LogP contribution is -2.48. The molecule has 1 fully saturated rings. The maximum atomic E-state index is 11.7. The van der Waals surface area contributed by atoms with Gasteiger partial charge in [0.15, 0.2) is 0 Å². The smallest absolute Gasteiger partial charge is 0.325 e. The zero-order valence-corrected chi connectivity index (χ0v) is 13.2. The summed E-state index contributed by atoms with van der Waals surface area (Å²) in [5.74, 6) is 1.67. The minimum absolute atomic E-state index is 0.171. The average molecular weight is 270 g/mol. The molecular formula is C15H30N2O2. The highest BCUT2D eigenvalue weighted by Crippen LogP contribution is 2.37. The third kappa shape index (κ3) is 5.11. The van der Waals surface area contributed by atoms with Gasteiger partial charge in [-0.2, -0.15) is 0 Å². The molecule has 19 heavy (non-hydrogen) atoms. The number of hydrogen-bond donors (Lipinski definition) is 1. The molecular weight excluding hydrogens is 240 g/mol. The van der Waals surface area contributed by atoms with Crippen molar-refractivity contribution in [1.82, 2.24) is 10.2 Å². The van der Waals surface area contributed by atoms with E-state index in [1.54, 1.807) is 0 Å². The first-order valence-electron chi connectivity index (χ1n) is 7.39. The van der Waals surface area contributed by atoms with Crippen molar-refractivity contribution in [2.75, 3.05) is 34.3 Å². The highest BCUT2D eigenvalue weighted by atomic mass is 16.5. The number of carbonyl (C=O) groups is 1. The third-order valence-corrected chi connectivity index (χ3v) is 4.48. The van der Waals surface area contributed by atoms with Gasteiger partial charge >= 0.3 is 5.97 Å². The lowest BCUT2D eigenvalue weighted by molar-refractivity contribution is -0.148. The molecule has 0 aromatic carbocycles. The number of unbranched alkanes of at least 4 members (excludes halogenated alkanes) is 1. The molecule has 0 aromatic rings. The van der Waals surface area contributed by atoms with E-state index in [2.05, 4.69) is 24.2 Å². The van der Waals surface area contributed by atoms with Crippen LogP contribution < -0.4 is 5.32 Å². The molecule has 0 aromatic heterocycles. The van der Waals surface area contributed by atoms with Crippen molar-refractivity contribution >= 4 is 5.97 Å². The van der Waals surface area contributed by atoms with Crippen LogP contribution in [0.1, 0.15) is 39.5 Å². The Labute approximate surface area is 117 Å². The molecule has 1 aliphatic rings. The molecule has 0 amide bonds. The van der Waals surface area contributed by atoms with Gasteiger partial charge in [0.1, 0.15) is 5.54 Å². The van der Waals surface area contributed by atoms with Gasteiger partial charge in [-0.05, 0) is 65.1 Å². The van der Waals surface area contributed by atoms with Gasteiger partial charge < -0.3 is 15.0 Å². The Hall–Kier alpha value is -0.610. The van der Waals surface area contributed by atoms with E-state index in [1.807, 2.05) is 14.0 Å². The van der Waals surface area contributed by atoms with Gasteiger partial charge in [0.05, 0.1) is 7.11 Å². The maximum absolute atomic E-state index is 11.7. The van der Waals surface area contributed by atoms with Crippen molar-refractivity contribution in [3.63, 3.8) is 0 Å². The largest absolute Gasteiger partial charge is 0.468 e. The summed E-state index contributed by atoms with van der Waals surface area (Å²) in [4.78, 5) is 14.1. The van der Waals surface area contributed by atoms with Crippen molar-refractivity contribution in [3.05, 3.63) is 0 Å². The van der Waals surface area contributed by atoms with E-state index in [4.69, 9.17) is 4.74 Å². The number of esters is 1. The second-order valence-electron chi connectivity index (χ2n) is 6.27. The number of nitrogens with zero attached hydrogens (tertiary/aromatic N) is 1. The number of carbonyl (C=O) groups excluding carboxylic acids is 1. The second kappa shape index (κ2) is 7.25. The molecule has 1 rings (SSSR count). The average Bonchev–Trinajstić information content (AvgIpc) is 3.08. The van der Waals surface area contributed by atoms with Crippen LogP contribution in [0.4, 0.5) is 0 Å². The number of ether oxygens (including phenoxy) is 1. The summed E-state index contributed by atoms with van der Waals surface area (Å²) < 4.78 is 4.85. The molecule has 0 aliphatic heterocycles. The van der Waals surface area contributed by atoms with Crippen LogP contribution in [0.25, 0.3) is 0 Å². The zero-order valence-electron chi connectivity index (χ0n) is 13.2. The van der Waals surface area contributed by atoms with E-state index >= 15 is 0 Å². The molecule has 112 valence electrons. The molecule has 0 bridgehead atoms. The molecule has 0 spiro atoms. The highest BCUT2D eigenvalue weighted by molar-refractivity contribution is 5.80. The Morgan fingerprint density at radius 3 is 2.58 bits per heavy atom. The highest BCUT2D eigenvalue weighted by Gasteiger charge is 2.33. The van der Waals surface area contributed by atoms with Gasteiger partial charge in [-0.15, -0.1) is 0 Å². The van der Waals surface area contributed by atoms with Crippen LogP contribution in [-0.2, 0) is 9.53 Å². The number of nitrogens with one attached hydrogen (secondary N) is 1. The SMILES string of the molecule is CNC(C)(CCCCN(C)CC1CC1C)C(=O)OC. The van der Waals surface area contributed by atoms with Crippen molar-refractivity contribution in [2.45, 2.75) is 45.1 Å². The summed E-state index contributed by atoms with van der Waals surface area (Å²) in [5.41, 5.74) is -0.543. The Morgan fingerprint density at radius 1 is 1.47 bits per heavy atom. The van der Waals surface area contributed by atoms with Crippen LogP contribution in [0.5, 0.6) is 0 Å². The summed E-state index contributed by atoms with van der Waals surface area (Å²) in [6, 6.07) is 0. The fraction of sp³-hybridized carbons (Fsp3) is 0.933. The molecule has 0 radical (unpaired) electrons. The Morgan fingerprint density at radius 2 is 2.11 bits per heavy atom. The predicted octanol–water partition coefficient (Wildman–Crippen LogP) is 1.90. The molecule has 1 aliphatic carbocycles. The van der Waals surface area contributed by atoms with Gasteiger partial charge in [0.2, 0.25) is 0 Å². The van der Waals surface area contributed by atoms with Crippen LogP contribution >= 0.6 is 0 Å². The Balaban J connectivity index is 2.16. The van der Waals surface area contributed by atoms with Gasteiger partial charge in [-0.1, -0.05) is 6.92 Å². The Bertz CT molecular complexity index is 296. The van der Waals surface area contributed by atoms with E-state index in [-0.39, 0.29) is 5.97 Å². The fourth-order valence-corrected chi connectivity index (χ4v) is 2.56. The van der Waals surface area contributed by atoms with Crippen LogP contribution in [0, 0.1) is 11.8 Å². The minimum Gasteiger partial charge on any atom is -0.468 e.